The molecule has 3 nitrogen and oxygen atoms in total. The van der Waals surface area contributed by atoms with Gasteiger partial charge in [0.05, 0.1) is 11.0 Å². The van der Waals surface area contributed by atoms with Crippen molar-refractivity contribution >= 4 is 11.0 Å². The van der Waals surface area contributed by atoms with E-state index in [4.69, 9.17) is 6.42 Å². The molecule has 0 amide bonds. The maximum Gasteiger partial charge on any atom is 0.293 e. The molecule has 0 saturated carbocycles. The summed E-state index contributed by atoms with van der Waals surface area (Å²) in [6, 6.07) is 25.7. The Morgan fingerprint density at radius 2 is 1.55 bits per heavy atom. The molecule has 1 N–H and O–H groups in total. The van der Waals surface area contributed by atoms with Gasteiger partial charge in [0.15, 0.2) is 0 Å². The number of imidazole rings is 1. The lowest BCUT2D eigenvalue weighted by Crippen LogP contribution is -1.96. The minimum Gasteiger partial charge on any atom is -0.508 e. The maximum atomic E-state index is 6.96. The van der Waals surface area contributed by atoms with Gasteiger partial charge in [0.1, 0.15) is 11.6 Å². The molecular formula is C19H14N2O. The standard InChI is InChI=1S/C19H14N2O/c22-16-12-10-14(11-13-16)19-20-17-8-4-5-9-18(17)21(19)15-6-2-1-3-7-15/h1-13,22H/i/hD. The summed E-state index contributed by atoms with van der Waals surface area (Å²) in [5, 5.41) is 4.50. The van der Waals surface area contributed by atoms with Gasteiger partial charge in [-0.1, -0.05) is 30.3 Å². The maximum absolute atomic E-state index is 6.96. The van der Waals surface area contributed by atoms with Crippen LogP contribution in [0.4, 0.5) is 0 Å². The van der Waals surface area contributed by atoms with Crippen LogP contribution in [0.3, 0.4) is 0 Å². The summed E-state index contributed by atoms with van der Waals surface area (Å²) >= 11 is 0. The molecule has 0 saturated heterocycles. The highest BCUT2D eigenvalue weighted by Gasteiger charge is 2.13. The van der Waals surface area contributed by atoms with Crippen molar-refractivity contribution in [3.8, 4) is 22.8 Å². The second-order valence-corrected chi connectivity index (χ2v) is 5.12. The number of hydrogen-bond acceptors (Lipinski definition) is 2. The number of phenols is 1. The fraction of sp³-hybridized carbons (Fsp3) is 0. The van der Waals surface area contributed by atoms with Gasteiger partial charge in [0.2, 0.25) is 0 Å². The second kappa shape index (κ2) is 5.04. The first kappa shape index (κ1) is 11.6. The predicted octanol–water partition coefficient (Wildman–Crippen LogP) is 4.40. The van der Waals surface area contributed by atoms with Crippen molar-refractivity contribution in [2.75, 3.05) is 0 Å². The minimum absolute atomic E-state index is 0.510. The normalized spacial score (nSPS) is 11.4. The molecule has 0 atom stereocenters. The van der Waals surface area contributed by atoms with Crippen molar-refractivity contribution in [2.45, 2.75) is 0 Å². The van der Waals surface area contributed by atoms with Gasteiger partial charge in [-0.3, -0.25) is 4.57 Å². The molecule has 0 bridgehead atoms. The van der Waals surface area contributed by atoms with Crippen molar-refractivity contribution in [1.29, 1.82) is 1.43 Å². The smallest absolute Gasteiger partial charge is 0.293 e. The number of phenolic OH excluding ortho intramolecular Hbond substituents is 1. The van der Waals surface area contributed by atoms with Crippen molar-refractivity contribution < 1.29 is 5.11 Å². The number of aromatic nitrogens is 2. The predicted molar refractivity (Wildman–Crippen MR) is 88.2 cm³/mol. The fourth-order valence-corrected chi connectivity index (χ4v) is 2.66. The molecule has 0 aliphatic heterocycles. The molecule has 3 heteroatoms. The molecular weight excluding hydrogens is 272 g/mol. The average molecular weight is 287 g/mol. The molecule has 3 aromatic carbocycles. The van der Waals surface area contributed by atoms with Crippen LogP contribution in [0, 0.1) is 0 Å². The van der Waals surface area contributed by atoms with Crippen LogP contribution < -0.4 is 0 Å². The van der Waals surface area contributed by atoms with Gasteiger partial charge < -0.3 is 5.11 Å². The summed E-state index contributed by atoms with van der Waals surface area (Å²) in [4.78, 5) is 4.79. The lowest BCUT2D eigenvalue weighted by molar-refractivity contribution is 0.475. The van der Waals surface area contributed by atoms with Gasteiger partial charge in [0.25, 0.3) is 1.43 Å². The first-order valence-electron chi connectivity index (χ1n) is 7.54. The van der Waals surface area contributed by atoms with Crippen LogP contribution >= 0.6 is 0 Å². The Balaban J connectivity index is 1.98. The first-order valence-corrected chi connectivity index (χ1v) is 7.13. The third-order valence-electron chi connectivity index (χ3n) is 3.69. The molecule has 106 valence electrons. The van der Waals surface area contributed by atoms with E-state index in [-0.39, 0.29) is 0 Å². The number of aromatic hydroxyl groups is 1. The van der Waals surface area contributed by atoms with Crippen LogP contribution in [0.1, 0.15) is 0 Å². The molecule has 0 unspecified atom stereocenters. The molecule has 0 fully saturated rings. The van der Waals surface area contributed by atoms with Gasteiger partial charge >= 0.3 is 0 Å². The molecule has 1 heterocycles. The number of fused-ring (bicyclic) bond motifs is 1. The number of benzene rings is 3. The van der Waals surface area contributed by atoms with E-state index in [0.29, 0.717) is 5.75 Å². The number of para-hydroxylation sites is 3. The number of nitrogens with zero attached hydrogens (tertiary/aromatic N) is 2. The Kier molecular flexibility index (Phi) is 2.65. The Morgan fingerprint density at radius 1 is 0.818 bits per heavy atom. The molecule has 4 rings (SSSR count). The lowest BCUT2D eigenvalue weighted by atomic mass is 10.2. The highest BCUT2D eigenvalue weighted by atomic mass is 16.3. The van der Waals surface area contributed by atoms with Crippen molar-refractivity contribution in [2.24, 2.45) is 0 Å². The van der Waals surface area contributed by atoms with E-state index in [1.54, 1.807) is 12.1 Å². The van der Waals surface area contributed by atoms with Crippen molar-refractivity contribution in [3.05, 3.63) is 78.9 Å². The van der Waals surface area contributed by atoms with Crippen LogP contribution in [-0.4, -0.2) is 16.1 Å². The zero-order valence-electron chi connectivity index (χ0n) is 12.8. The summed E-state index contributed by atoms with van der Waals surface area (Å²) in [5.74, 6) is 1.38. The van der Waals surface area contributed by atoms with Crippen molar-refractivity contribution in [1.82, 2.24) is 9.55 Å². The average Bonchev–Trinajstić information content (AvgIpc) is 3.02. The van der Waals surface area contributed by atoms with Crippen LogP contribution in [0.25, 0.3) is 28.1 Å². The third kappa shape index (κ3) is 2.04. The summed E-state index contributed by atoms with van der Waals surface area (Å²) in [6.45, 7) is 0. The zero-order chi connectivity index (χ0) is 15.6. The molecule has 0 aliphatic carbocycles. The second-order valence-electron chi connectivity index (χ2n) is 5.12. The molecule has 0 radical (unpaired) electrons. The van der Waals surface area contributed by atoms with E-state index >= 15 is 0 Å². The van der Waals surface area contributed by atoms with Crippen molar-refractivity contribution in [3.63, 3.8) is 0 Å². The summed E-state index contributed by atoms with van der Waals surface area (Å²) < 4.78 is 9.11. The SMILES string of the molecule is [2H]Oc1ccc(-c2nc3ccccc3n2-c2ccccc2)cc1. The van der Waals surface area contributed by atoms with E-state index < -0.39 is 0 Å². The van der Waals surface area contributed by atoms with E-state index in [0.717, 1.165) is 28.1 Å². The van der Waals surface area contributed by atoms with Crippen LogP contribution in [0.5, 0.6) is 5.75 Å². The third-order valence-corrected chi connectivity index (χ3v) is 3.69. The van der Waals surface area contributed by atoms with E-state index in [1.807, 2.05) is 48.5 Å². The molecule has 0 spiro atoms. The quantitative estimate of drug-likeness (QED) is 0.606. The Bertz CT molecular complexity index is 946. The molecule has 22 heavy (non-hydrogen) atoms. The Morgan fingerprint density at radius 3 is 2.32 bits per heavy atom. The van der Waals surface area contributed by atoms with Gasteiger partial charge in [-0.05, 0) is 48.5 Å². The number of rotatable bonds is 3. The van der Waals surface area contributed by atoms with Gasteiger partial charge in [-0.2, -0.15) is 0 Å². The largest absolute Gasteiger partial charge is 0.508 e. The Labute approximate surface area is 129 Å². The highest BCUT2D eigenvalue weighted by molar-refractivity contribution is 5.83. The minimum atomic E-state index is 0.510. The summed E-state index contributed by atoms with van der Waals surface area (Å²) in [7, 11) is 0. The summed E-state index contributed by atoms with van der Waals surface area (Å²) in [5.41, 5.74) is 4.06. The first-order chi connectivity index (χ1) is 11.4. The summed E-state index contributed by atoms with van der Waals surface area (Å²) in [6.07, 6.45) is 0. The van der Waals surface area contributed by atoms with Crippen LogP contribution in [0.15, 0.2) is 78.9 Å². The highest BCUT2D eigenvalue weighted by Crippen LogP contribution is 2.29. The molecule has 4 aromatic rings. The van der Waals surface area contributed by atoms with E-state index in [9.17, 15) is 0 Å². The van der Waals surface area contributed by atoms with Crippen LogP contribution in [0.2, 0.25) is 0 Å². The molecule has 1 aromatic heterocycles. The Hall–Kier alpha value is -3.07. The monoisotopic (exact) mass is 287 g/mol. The van der Waals surface area contributed by atoms with E-state index in [2.05, 4.69) is 27.9 Å². The van der Waals surface area contributed by atoms with E-state index in [1.165, 1.54) is 0 Å². The number of hydrogen-bond donors (Lipinski definition) is 1. The topological polar surface area (TPSA) is 38.1 Å². The van der Waals surface area contributed by atoms with Crippen LogP contribution in [-0.2, 0) is 0 Å². The van der Waals surface area contributed by atoms with Gasteiger partial charge in [0, 0.05) is 11.3 Å². The van der Waals surface area contributed by atoms with Gasteiger partial charge in [-0.25, -0.2) is 4.98 Å². The fourth-order valence-electron chi connectivity index (χ4n) is 2.66. The zero-order valence-corrected chi connectivity index (χ0v) is 11.8. The lowest BCUT2D eigenvalue weighted by Gasteiger charge is -2.09. The molecule has 0 aliphatic rings. The van der Waals surface area contributed by atoms with Gasteiger partial charge in [-0.15, -0.1) is 0 Å².